The molecule has 6 nitrogen and oxygen atoms in total. The van der Waals surface area contributed by atoms with Crippen molar-refractivity contribution < 1.29 is 14.3 Å². The number of benzene rings is 2. The van der Waals surface area contributed by atoms with Crippen LogP contribution in [0, 0.1) is 0 Å². The summed E-state index contributed by atoms with van der Waals surface area (Å²) >= 11 is 0. The third kappa shape index (κ3) is 6.11. The Balaban J connectivity index is 1.48. The van der Waals surface area contributed by atoms with Gasteiger partial charge in [-0.1, -0.05) is 38.0 Å². The van der Waals surface area contributed by atoms with Crippen LogP contribution in [0.3, 0.4) is 0 Å². The van der Waals surface area contributed by atoms with E-state index >= 15 is 0 Å². The molecule has 3 rings (SSSR count). The number of hydrogen-bond acceptors (Lipinski definition) is 4. The maximum atomic E-state index is 12.1. The van der Waals surface area contributed by atoms with Crippen LogP contribution < -0.4 is 14.8 Å². The molecule has 0 bridgehead atoms. The second kappa shape index (κ2) is 11.0. The van der Waals surface area contributed by atoms with Gasteiger partial charge in [-0.15, -0.1) is 0 Å². The van der Waals surface area contributed by atoms with Gasteiger partial charge in [0.1, 0.15) is 5.82 Å². The first-order chi connectivity index (χ1) is 14.7. The molecule has 2 aromatic carbocycles. The van der Waals surface area contributed by atoms with E-state index in [0.29, 0.717) is 25.3 Å². The molecule has 1 heterocycles. The lowest BCUT2D eigenvalue weighted by molar-refractivity contribution is -0.116. The lowest BCUT2D eigenvalue weighted by Crippen LogP contribution is -2.23. The van der Waals surface area contributed by atoms with Gasteiger partial charge in [0.2, 0.25) is 5.91 Å². The zero-order valence-corrected chi connectivity index (χ0v) is 17.6. The number of para-hydroxylation sites is 2. The number of carbonyl (C=O) groups excluding carboxylic acids is 1. The first-order valence-corrected chi connectivity index (χ1v) is 10.4. The molecule has 1 amide bonds. The Morgan fingerprint density at radius 1 is 1.17 bits per heavy atom. The van der Waals surface area contributed by atoms with Gasteiger partial charge in [0.05, 0.1) is 24.8 Å². The maximum Gasteiger partial charge on any atom is 0.244 e. The fourth-order valence-electron chi connectivity index (χ4n) is 3.10. The van der Waals surface area contributed by atoms with E-state index in [2.05, 4.69) is 22.2 Å². The number of rotatable bonds is 11. The molecule has 0 fully saturated rings. The molecule has 1 aromatic heterocycles. The van der Waals surface area contributed by atoms with Crippen LogP contribution in [-0.4, -0.2) is 36.1 Å². The van der Waals surface area contributed by atoms with E-state index in [1.807, 2.05) is 42.5 Å². The molecule has 0 aliphatic heterocycles. The predicted molar refractivity (Wildman–Crippen MR) is 120 cm³/mol. The zero-order chi connectivity index (χ0) is 21.2. The molecular formula is C24H29N3O3. The molecule has 0 saturated carbocycles. The van der Waals surface area contributed by atoms with Gasteiger partial charge in [0.15, 0.2) is 11.5 Å². The number of nitrogens with one attached hydrogen (secondary N) is 2. The van der Waals surface area contributed by atoms with Crippen molar-refractivity contribution in [2.75, 3.05) is 20.3 Å². The maximum absolute atomic E-state index is 12.1. The monoisotopic (exact) mass is 407 g/mol. The summed E-state index contributed by atoms with van der Waals surface area (Å²) in [6.45, 7) is 3.35. The fraction of sp³-hybridized carbons (Fsp3) is 0.333. The molecule has 0 unspecified atom stereocenters. The van der Waals surface area contributed by atoms with Crippen molar-refractivity contribution in [1.29, 1.82) is 0 Å². The molecule has 0 aliphatic carbocycles. The highest BCUT2D eigenvalue weighted by atomic mass is 16.5. The van der Waals surface area contributed by atoms with Crippen LogP contribution >= 0.6 is 0 Å². The molecule has 30 heavy (non-hydrogen) atoms. The normalized spacial score (nSPS) is 11.1. The number of amides is 1. The van der Waals surface area contributed by atoms with Crippen LogP contribution in [0.15, 0.2) is 48.5 Å². The number of aromatic amines is 1. The summed E-state index contributed by atoms with van der Waals surface area (Å²) < 4.78 is 11.2. The number of ether oxygens (including phenoxy) is 2. The molecule has 3 aromatic rings. The van der Waals surface area contributed by atoms with E-state index in [1.165, 1.54) is 6.08 Å². The van der Waals surface area contributed by atoms with E-state index in [9.17, 15) is 4.79 Å². The van der Waals surface area contributed by atoms with Crippen LogP contribution in [0.4, 0.5) is 0 Å². The Kier molecular flexibility index (Phi) is 7.89. The van der Waals surface area contributed by atoms with E-state index in [-0.39, 0.29) is 5.91 Å². The lowest BCUT2D eigenvalue weighted by Gasteiger charge is -2.11. The smallest absolute Gasteiger partial charge is 0.244 e. The summed E-state index contributed by atoms with van der Waals surface area (Å²) in [5.74, 6) is 2.10. The van der Waals surface area contributed by atoms with Gasteiger partial charge >= 0.3 is 0 Å². The van der Waals surface area contributed by atoms with Gasteiger partial charge in [-0.05, 0) is 42.3 Å². The van der Waals surface area contributed by atoms with Crippen molar-refractivity contribution in [2.24, 2.45) is 0 Å². The fourth-order valence-corrected chi connectivity index (χ4v) is 3.10. The third-order valence-corrected chi connectivity index (χ3v) is 4.72. The van der Waals surface area contributed by atoms with E-state index in [4.69, 9.17) is 9.47 Å². The number of carbonyl (C=O) groups is 1. The van der Waals surface area contributed by atoms with Crippen molar-refractivity contribution in [3.05, 3.63) is 59.9 Å². The minimum atomic E-state index is -0.148. The second-order valence-electron chi connectivity index (χ2n) is 7.04. The van der Waals surface area contributed by atoms with Gasteiger partial charge in [0, 0.05) is 19.0 Å². The topological polar surface area (TPSA) is 76.2 Å². The number of unbranched alkanes of at least 4 members (excludes halogenated alkanes) is 2. The first-order valence-electron chi connectivity index (χ1n) is 10.4. The van der Waals surface area contributed by atoms with Gasteiger partial charge in [-0.3, -0.25) is 4.79 Å². The molecule has 0 aliphatic rings. The molecule has 0 spiro atoms. The highest BCUT2D eigenvalue weighted by Crippen LogP contribution is 2.28. The molecular weight excluding hydrogens is 378 g/mol. The minimum absolute atomic E-state index is 0.148. The number of imidazole rings is 1. The van der Waals surface area contributed by atoms with Crippen molar-refractivity contribution in [1.82, 2.24) is 15.3 Å². The number of methoxy groups -OCH3 is 1. The summed E-state index contributed by atoms with van der Waals surface area (Å²) in [4.78, 5) is 19.9. The quantitative estimate of drug-likeness (QED) is 0.362. The van der Waals surface area contributed by atoms with Crippen molar-refractivity contribution in [3.63, 3.8) is 0 Å². The number of fused-ring (bicyclic) bond motifs is 1. The van der Waals surface area contributed by atoms with Crippen LogP contribution in [-0.2, 0) is 11.2 Å². The Hall–Kier alpha value is -3.28. The van der Waals surface area contributed by atoms with Gasteiger partial charge < -0.3 is 19.8 Å². The number of nitrogens with zero attached hydrogens (tertiary/aromatic N) is 1. The summed E-state index contributed by atoms with van der Waals surface area (Å²) in [7, 11) is 1.62. The summed E-state index contributed by atoms with van der Waals surface area (Å²) in [6.07, 6.45) is 7.26. The second-order valence-corrected chi connectivity index (χ2v) is 7.04. The van der Waals surface area contributed by atoms with Crippen molar-refractivity contribution in [3.8, 4) is 11.5 Å². The summed E-state index contributed by atoms with van der Waals surface area (Å²) in [6, 6.07) is 13.5. The van der Waals surface area contributed by atoms with Gasteiger partial charge in [0.25, 0.3) is 0 Å². The molecule has 2 N–H and O–H groups in total. The third-order valence-electron chi connectivity index (χ3n) is 4.72. The van der Waals surface area contributed by atoms with Crippen LogP contribution in [0.5, 0.6) is 11.5 Å². The molecule has 0 saturated heterocycles. The largest absolute Gasteiger partial charge is 0.493 e. The standard InChI is InChI=1S/C24H29N3O3/c1-3-4-7-16-30-21-12-10-18(17-22(21)29-2)11-13-24(28)25-15-14-23-26-19-8-5-6-9-20(19)27-23/h5-6,8-13,17H,3-4,7,14-16H2,1-2H3,(H,25,28)(H,26,27). The molecule has 0 atom stereocenters. The average molecular weight is 408 g/mol. The van der Waals surface area contributed by atoms with Gasteiger partial charge in [-0.2, -0.15) is 0 Å². The van der Waals surface area contributed by atoms with Crippen molar-refractivity contribution >= 4 is 23.0 Å². The van der Waals surface area contributed by atoms with Crippen LogP contribution in [0.1, 0.15) is 37.6 Å². The molecule has 158 valence electrons. The van der Waals surface area contributed by atoms with Crippen LogP contribution in [0.25, 0.3) is 17.1 Å². The predicted octanol–water partition coefficient (Wildman–Crippen LogP) is 4.51. The Labute approximate surface area is 177 Å². The first kappa shape index (κ1) is 21.4. The van der Waals surface area contributed by atoms with E-state index < -0.39 is 0 Å². The highest BCUT2D eigenvalue weighted by molar-refractivity contribution is 5.91. The molecule has 6 heteroatoms. The summed E-state index contributed by atoms with van der Waals surface area (Å²) in [5.41, 5.74) is 2.82. The summed E-state index contributed by atoms with van der Waals surface area (Å²) in [5, 5.41) is 2.88. The number of H-pyrrole nitrogens is 1. The SMILES string of the molecule is CCCCCOc1ccc(C=CC(=O)NCCc2nc3ccccc3[nH]2)cc1OC. The minimum Gasteiger partial charge on any atom is -0.493 e. The lowest BCUT2D eigenvalue weighted by atomic mass is 10.2. The Morgan fingerprint density at radius 2 is 2.03 bits per heavy atom. The molecule has 0 radical (unpaired) electrons. The van der Waals surface area contributed by atoms with E-state index in [0.717, 1.165) is 47.4 Å². The average Bonchev–Trinajstić information content (AvgIpc) is 3.18. The van der Waals surface area contributed by atoms with Crippen molar-refractivity contribution in [2.45, 2.75) is 32.6 Å². The highest BCUT2D eigenvalue weighted by Gasteiger charge is 2.06. The Morgan fingerprint density at radius 3 is 2.83 bits per heavy atom. The Bertz CT molecular complexity index is 961. The van der Waals surface area contributed by atoms with E-state index in [1.54, 1.807) is 13.2 Å². The van der Waals surface area contributed by atoms with Crippen LogP contribution in [0.2, 0.25) is 0 Å². The number of aromatic nitrogens is 2. The zero-order valence-electron chi connectivity index (χ0n) is 17.6. The van der Waals surface area contributed by atoms with Gasteiger partial charge in [-0.25, -0.2) is 4.98 Å². The number of hydrogen-bond donors (Lipinski definition) is 2.